The van der Waals surface area contributed by atoms with E-state index < -0.39 is 0 Å². The zero-order valence-corrected chi connectivity index (χ0v) is 18.3. The van der Waals surface area contributed by atoms with Crippen LogP contribution in [0.25, 0.3) is 10.6 Å². The van der Waals surface area contributed by atoms with Crippen molar-refractivity contribution in [3.8, 4) is 10.6 Å². The zero-order chi connectivity index (χ0) is 22.1. The van der Waals surface area contributed by atoms with Gasteiger partial charge in [-0.05, 0) is 42.5 Å². The Bertz CT molecular complexity index is 1330. The molecule has 158 valence electrons. The highest BCUT2D eigenvalue weighted by molar-refractivity contribution is 7.99. The highest BCUT2D eigenvalue weighted by atomic mass is 32.2. The van der Waals surface area contributed by atoms with Crippen LogP contribution in [-0.2, 0) is 6.54 Å². The normalized spacial score (nSPS) is 12.3. The van der Waals surface area contributed by atoms with Crippen LogP contribution in [-0.4, -0.2) is 21.8 Å². The number of amides is 2. The summed E-state index contributed by atoms with van der Waals surface area (Å²) < 4.78 is 0. The van der Waals surface area contributed by atoms with Gasteiger partial charge in [0.25, 0.3) is 11.8 Å². The smallest absolute Gasteiger partial charge is 0.256 e. The van der Waals surface area contributed by atoms with Crippen LogP contribution in [0.1, 0.15) is 25.6 Å². The lowest BCUT2D eigenvalue weighted by Gasteiger charge is -2.09. The minimum atomic E-state index is -0.224. The average molecular weight is 460 g/mol. The number of nitrogens with one attached hydrogen (secondary N) is 2. The first-order valence-electron chi connectivity index (χ1n) is 9.74. The average Bonchev–Trinajstić information content (AvgIpc) is 3.23. The molecule has 9 heteroatoms. The summed E-state index contributed by atoms with van der Waals surface area (Å²) in [6, 6.07) is 16.4. The topological polar surface area (TPSA) is 110 Å². The van der Waals surface area contributed by atoms with Gasteiger partial charge in [-0.3, -0.25) is 9.59 Å². The summed E-state index contributed by atoms with van der Waals surface area (Å²) in [7, 11) is 0. The molecule has 0 fully saturated rings. The lowest BCUT2D eigenvalue weighted by Crippen LogP contribution is -2.22. The Hall–Kier alpha value is -3.69. The molecule has 0 radical (unpaired) electrons. The number of anilines is 2. The number of hydrogen-bond acceptors (Lipinski definition) is 7. The quantitative estimate of drug-likeness (QED) is 0.416. The number of carbonyl (C=O) groups is 2. The summed E-state index contributed by atoms with van der Waals surface area (Å²) in [6.07, 6.45) is 3.42. The molecule has 0 bridgehead atoms. The molecule has 5 rings (SSSR count). The second-order valence-corrected chi connectivity index (χ2v) is 9.25. The number of fused-ring (bicyclic) bond motifs is 2. The predicted molar refractivity (Wildman–Crippen MR) is 126 cm³/mol. The van der Waals surface area contributed by atoms with E-state index in [9.17, 15) is 9.59 Å². The third-order valence-corrected chi connectivity index (χ3v) is 7.05. The van der Waals surface area contributed by atoms with E-state index in [2.05, 4.69) is 20.6 Å². The predicted octanol–water partition coefficient (Wildman–Crippen LogP) is 4.43. The van der Waals surface area contributed by atoms with Gasteiger partial charge in [-0.1, -0.05) is 23.9 Å². The second-order valence-electron chi connectivity index (χ2n) is 7.05. The molecule has 0 unspecified atom stereocenters. The number of nitrogens with zero attached hydrogens (tertiary/aromatic N) is 2. The maximum absolute atomic E-state index is 12.7. The Labute approximate surface area is 192 Å². The molecule has 4 aromatic rings. The van der Waals surface area contributed by atoms with E-state index in [0.717, 1.165) is 25.2 Å². The van der Waals surface area contributed by atoms with Gasteiger partial charge in [0.15, 0.2) is 0 Å². The van der Waals surface area contributed by atoms with Crippen LogP contribution >= 0.6 is 23.1 Å². The summed E-state index contributed by atoms with van der Waals surface area (Å²) in [5.41, 5.74) is 8.23. The van der Waals surface area contributed by atoms with Crippen LogP contribution in [0.5, 0.6) is 0 Å². The van der Waals surface area contributed by atoms with Gasteiger partial charge in [0.1, 0.15) is 10.8 Å². The van der Waals surface area contributed by atoms with Crippen LogP contribution in [0.4, 0.5) is 11.5 Å². The largest absolute Gasteiger partial charge is 0.384 e. The molecule has 0 saturated heterocycles. The van der Waals surface area contributed by atoms with Gasteiger partial charge < -0.3 is 16.4 Å². The maximum Gasteiger partial charge on any atom is 0.256 e. The monoisotopic (exact) mass is 459 g/mol. The van der Waals surface area contributed by atoms with E-state index in [1.165, 1.54) is 23.1 Å². The van der Waals surface area contributed by atoms with Crippen molar-refractivity contribution in [1.29, 1.82) is 0 Å². The summed E-state index contributed by atoms with van der Waals surface area (Å²) in [4.78, 5) is 36.5. The minimum Gasteiger partial charge on any atom is -0.384 e. The van der Waals surface area contributed by atoms with Gasteiger partial charge in [-0.15, -0.1) is 11.3 Å². The van der Waals surface area contributed by atoms with Crippen molar-refractivity contribution < 1.29 is 9.59 Å². The number of rotatable bonds is 4. The molecule has 2 aromatic carbocycles. The van der Waals surface area contributed by atoms with Crippen LogP contribution in [0.2, 0.25) is 0 Å². The SMILES string of the molecule is Nc1ccc(-c2ncc(CNC(=O)c3ccc4c(c3)NC(=O)c3ccccc3S4)s2)cn1. The Kier molecular flexibility index (Phi) is 5.34. The molecule has 0 atom stereocenters. The summed E-state index contributed by atoms with van der Waals surface area (Å²) >= 11 is 2.99. The second kappa shape index (κ2) is 8.45. The fraction of sp³-hybridized carbons (Fsp3) is 0.0435. The molecule has 7 nitrogen and oxygen atoms in total. The lowest BCUT2D eigenvalue weighted by molar-refractivity contribution is 0.0949. The number of thiazole rings is 1. The minimum absolute atomic E-state index is 0.182. The number of pyridine rings is 1. The molecule has 0 spiro atoms. The van der Waals surface area contributed by atoms with Gasteiger partial charge in [0, 0.05) is 38.2 Å². The lowest BCUT2D eigenvalue weighted by atomic mass is 10.1. The van der Waals surface area contributed by atoms with Crippen LogP contribution in [0.3, 0.4) is 0 Å². The highest BCUT2D eigenvalue weighted by Crippen LogP contribution is 2.39. The molecular formula is C23H17N5O2S2. The fourth-order valence-corrected chi connectivity index (χ4v) is 5.09. The molecule has 3 heterocycles. The Morgan fingerprint density at radius 1 is 1.03 bits per heavy atom. The molecule has 4 N–H and O–H groups in total. The Morgan fingerprint density at radius 2 is 1.91 bits per heavy atom. The first kappa shape index (κ1) is 20.2. The number of hydrogen-bond donors (Lipinski definition) is 3. The first-order chi connectivity index (χ1) is 15.6. The van der Waals surface area contributed by atoms with Gasteiger partial charge in [-0.2, -0.15) is 0 Å². The summed E-state index contributed by atoms with van der Waals surface area (Å²) in [6.45, 7) is 0.350. The van der Waals surface area contributed by atoms with Crippen molar-refractivity contribution in [3.63, 3.8) is 0 Å². The third-order valence-electron chi connectivity index (χ3n) is 4.85. The van der Waals surface area contributed by atoms with Crippen LogP contribution < -0.4 is 16.4 Å². The molecular weight excluding hydrogens is 442 g/mol. The van der Waals surface area contributed by atoms with E-state index in [0.29, 0.717) is 29.2 Å². The molecule has 2 aromatic heterocycles. The van der Waals surface area contributed by atoms with Crippen molar-refractivity contribution >= 4 is 46.4 Å². The van der Waals surface area contributed by atoms with Crippen molar-refractivity contribution in [2.24, 2.45) is 0 Å². The van der Waals surface area contributed by atoms with Crippen molar-refractivity contribution in [1.82, 2.24) is 15.3 Å². The number of benzene rings is 2. The van der Waals surface area contributed by atoms with Crippen LogP contribution in [0.15, 0.2) is 76.8 Å². The van der Waals surface area contributed by atoms with E-state index in [4.69, 9.17) is 5.73 Å². The van der Waals surface area contributed by atoms with Crippen molar-refractivity contribution in [3.05, 3.63) is 83.0 Å². The zero-order valence-electron chi connectivity index (χ0n) is 16.7. The summed E-state index contributed by atoms with van der Waals surface area (Å²) in [5, 5.41) is 6.64. The van der Waals surface area contributed by atoms with Gasteiger partial charge in [0.2, 0.25) is 0 Å². The van der Waals surface area contributed by atoms with E-state index >= 15 is 0 Å². The Morgan fingerprint density at radius 3 is 2.75 bits per heavy atom. The molecule has 2 amide bonds. The molecule has 1 aliphatic rings. The van der Waals surface area contributed by atoms with E-state index in [-0.39, 0.29) is 11.8 Å². The number of nitrogen functional groups attached to an aromatic ring is 1. The first-order valence-corrected chi connectivity index (χ1v) is 11.4. The number of aromatic nitrogens is 2. The van der Waals surface area contributed by atoms with Crippen molar-refractivity contribution in [2.45, 2.75) is 16.3 Å². The van der Waals surface area contributed by atoms with Gasteiger partial charge >= 0.3 is 0 Å². The van der Waals surface area contributed by atoms with Crippen LogP contribution in [0, 0.1) is 0 Å². The Balaban J connectivity index is 1.28. The highest BCUT2D eigenvalue weighted by Gasteiger charge is 2.20. The van der Waals surface area contributed by atoms with Crippen molar-refractivity contribution in [2.75, 3.05) is 11.1 Å². The van der Waals surface area contributed by atoms with E-state index in [1.54, 1.807) is 36.7 Å². The molecule has 1 aliphatic heterocycles. The molecule has 0 aliphatic carbocycles. The molecule has 0 saturated carbocycles. The third kappa shape index (κ3) is 4.08. The van der Waals surface area contributed by atoms with E-state index in [1.807, 2.05) is 30.3 Å². The number of nitrogens with two attached hydrogens (primary N) is 1. The maximum atomic E-state index is 12.7. The fourth-order valence-electron chi connectivity index (χ4n) is 3.23. The van der Waals surface area contributed by atoms with Gasteiger partial charge in [-0.25, -0.2) is 9.97 Å². The number of carbonyl (C=O) groups excluding carboxylic acids is 2. The molecule has 32 heavy (non-hydrogen) atoms. The standard InChI is InChI=1S/C23H17N5O2S2/c24-20-8-6-14(10-25-20)23-27-12-15(31-23)11-26-21(29)13-5-7-19-17(9-13)28-22(30)16-3-1-2-4-18(16)32-19/h1-10,12H,11H2,(H2,24,25)(H,26,29)(H,28,30). The van der Waals surface area contributed by atoms with Gasteiger partial charge in [0.05, 0.1) is 17.8 Å². The summed E-state index contributed by atoms with van der Waals surface area (Å²) in [5.74, 6) is 0.0497.